The highest BCUT2D eigenvalue weighted by molar-refractivity contribution is 14.0. The summed E-state index contributed by atoms with van der Waals surface area (Å²) in [4.78, 5) is 16.3. The monoisotopic (exact) mass is 423 g/mol. The number of nitrogens with one attached hydrogen (secondary N) is 2. The Morgan fingerprint density at radius 1 is 1.18 bits per heavy atom. The Morgan fingerprint density at radius 3 is 2.55 bits per heavy atom. The zero-order valence-corrected chi connectivity index (χ0v) is 15.9. The molecule has 0 aromatic rings. The van der Waals surface area contributed by atoms with E-state index in [1.54, 1.807) is 0 Å². The maximum absolute atomic E-state index is 11.7. The van der Waals surface area contributed by atoms with Crippen molar-refractivity contribution in [3.8, 4) is 0 Å². The summed E-state index contributed by atoms with van der Waals surface area (Å²) in [5.41, 5.74) is 0. The lowest BCUT2D eigenvalue weighted by molar-refractivity contribution is -0.148. The van der Waals surface area contributed by atoms with Crippen LogP contribution in [0.15, 0.2) is 4.99 Å². The number of carbonyl (C=O) groups is 1. The van der Waals surface area contributed by atoms with E-state index in [-0.39, 0.29) is 36.0 Å². The molecule has 0 aromatic carbocycles. The highest BCUT2D eigenvalue weighted by Crippen LogP contribution is 2.28. The number of nitrogens with zero attached hydrogens (tertiary/aromatic N) is 1. The van der Waals surface area contributed by atoms with E-state index < -0.39 is 0 Å². The molecule has 6 heteroatoms. The maximum Gasteiger partial charge on any atom is 0.306 e. The zero-order valence-electron chi connectivity index (χ0n) is 13.6. The Bertz CT molecular complexity index is 353. The van der Waals surface area contributed by atoms with Crippen molar-refractivity contribution >= 4 is 35.9 Å². The first kappa shape index (κ1) is 19.5. The Kier molecular flexibility index (Phi) is 9.82. The second-order valence-electron chi connectivity index (χ2n) is 6.09. The van der Waals surface area contributed by atoms with Gasteiger partial charge in [0.1, 0.15) is 6.10 Å². The van der Waals surface area contributed by atoms with Crippen molar-refractivity contribution < 1.29 is 9.53 Å². The minimum atomic E-state index is -0.0522. The summed E-state index contributed by atoms with van der Waals surface area (Å²) < 4.78 is 5.44. The first-order valence-corrected chi connectivity index (χ1v) is 8.49. The predicted molar refractivity (Wildman–Crippen MR) is 99.7 cm³/mol. The fourth-order valence-corrected chi connectivity index (χ4v) is 2.55. The molecule has 0 heterocycles. The number of guanidine groups is 1. The van der Waals surface area contributed by atoms with Gasteiger partial charge in [-0.25, -0.2) is 0 Å². The standard InChI is InChI=1S/C16H29N3O2.HI/c1-2-17-16(19-12-13-9-10-13)18-11-5-8-15(20)21-14-6-3-4-7-14;/h13-14H,2-12H2,1H3,(H2,17,18,19);1H. The second kappa shape index (κ2) is 11.1. The van der Waals surface area contributed by atoms with Gasteiger partial charge < -0.3 is 15.4 Å². The third-order valence-electron chi connectivity index (χ3n) is 4.00. The van der Waals surface area contributed by atoms with Gasteiger partial charge in [-0.1, -0.05) is 0 Å². The quantitative estimate of drug-likeness (QED) is 0.207. The zero-order chi connectivity index (χ0) is 14.9. The van der Waals surface area contributed by atoms with Crippen LogP contribution >= 0.6 is 24.0 Å². The van der Waals surface area contributed by atoms with Crippen molar-refractivity contribution in [2.75, 3.05) is 19.6 Å². The van der Waals surface area contributed by atoms with E-state index in [2.05, 4.69) is 22.5 Å². The van der Waals surface area contributed by atoms with Crippen LogP contribution in [0.5, 0.6) is 0 Å². The third-order valence-corrected chi connectivity index (χ3v) is 4.00. The normalized spacial score (nSPS) is 18.7. The molecule has 2 aliphatic rings. The van der Waals surface area contributed by atoms with Crippen molar-refractivity contribution in [2.45, 2.75) is 64.4 Å². The fraction of sp³-hybridized carbons (Fsp3) is 0.875. The number of hydrogen-bond donors (Lipinski definition) is 2. The highest BCUT2D eigenvalue weighted by atomic mass is 127. The van der Waals surface area contributed by atoms with Gasteiger partial charge in [0.2, 0.25) is 0 Å². The summed E-state index contributed by atoms with van der Waals surface area (Å²) in [5.74, 6) is 1.61. The first-order chi connectivity index (χ1) is 10.3. The summed E-state index contributed by atoms with van der Waals surface area (Å²) >= 11 is 0. The fourth-order valence-electron chi connectivity index (χ4n) is 2.55. The Morgan fingerprint density at radius 2 is 1.91 bits per heavy atom. The molecule has 5 nitrogen and oxygen atoms in total. The maximum atomic E-state index is 11.7. The summed E-state index contributed by atoms with van der Waals surface area (Å²) in [6.45, 7) is 4.60. The van der Waals surface area contributed by atoms with E-state index in [1.165, 1.54) is 25.7 Å². The lowest BCUT2D eigenvalue weighted by Crippen LogP contribution is -2.38. The topological polar surface area (TPSA) is 62.7 Å². The van der Waals surface area contributed by atoms with Crippen molar-refractivity contribution in [1.82, 2.24) is 10.6 Å². The lowest BCUT2D eigenvalue weighted by Gasteiger charge is -2.12. The third kappa shape index (κ3) is 8.19. The van der Waals surface area contributed by atoms with Crippen molar-refractivity contribution in [3.63, 3.8) is 0 Å². The average molecular weight is 423 g/mol. The van der Waals surface area contributed by atoms with E-state index in [0.29, 0.717) is 6.42 Å². The number of esters is 1. The molecule has 2 saturated carbocycles. The van der Waals surface area contributed by atoms with Crippen LogP contribution in [0.3, 0.4) is 0 Å². The van der Waals surface area contributed by atoms with Crippen LogP contribution in [-0.4, -0.2) is 37.7 Å². The molecular weight excluding hydrogens is 393 g/mol. The predicted octanol–water partition coefficient (Wildman–Crippen LogP) is 2.84. The Balaban J connectivity index is 0.00000242. The number of halogens is 1. The van der Waals surface area contributed by atoms with Crippen LogP contribution in [0.1, 0.15) is 58.3 Å². The molecule has 0 bridgehead atoms. The van der Waals surface area contributed by atoms with Gasteiger partial charge in [-0.2, -0.15) is 0 Å². The van der Waals surface area contributed by atoms with Gasteiger partial charge in [0.15, 0.2) is 5.96 Å². The summed E-state index contributed by atoms with van der Waals surface area (Å²) in [6.07, 6.45) is 8.58. The van der Waals surface area contributed by atoms with E-state index in [1.807, 2.05) is 0 Å². The Labute approximate surface area is 151 Å². The van der Waals surface area contributed by atoms with Gasteiger partial charge in [0, 0.05) is 26.1 Å². The molecule has 0 saturated heterocycles. The lowest BCUT2D eigenvalue weighted by atomic mass is 10.3. The molecular formula is C16H30IN3O2. The van der Waals surface area contributed by atoms with Gasteiger partial charge in [0.05, 0.1) is 0 Å². The van der Waals surface area contributed by atoms with E-state index in [4.69, 9.17) is 4.74 Å². The summed E-state index contributed by atoms with van der Waals surface area (Å²) in [5, 5.41) is 6.52. The highest BCUT2D eigenvalue weighted by Gasteiger charge is 2.21. The largest absolute Gasteiger partial charge is 0.462 e. The van der Waals surface area contributed by atoms with Gasteiger partial charge in [0.25, 0.3) is 0 Å². The number of hydrogen-bond acceptors (Lipinski definition) is 3. The minimum Gasteiger partial charge on any atom is -0.462 e. The number of aliphatic imine (C=N–C) groups is 1. The first-order valence-electron chi connectivity index (χ1n) is 8.49. The molecule has 128 valence electrons. The molecule has 2 N–H and O–H groups in total. The number of rotatable bonds is 8. The molecule has 2 aliphatic carbocycles. The molecule has 0 unspecified atom stereocenters. The van der Waals surface area contributed by atoms with Crippen LogP contribution in [0.25, 0.3) is 0 Å². The molecule has 0 spiro atoms. The van der Waals surface area contributed by atoms with Gasteiger partial charge in [-0.05, 0) is 57.8 Å². The van der Waals surface area contributed by atoms with Crippen molar-refractivity contribution in [3.05, 3.63) is 0 Å². The van der Waals surface area contributed by atoms with E-state index in [9.17, 15) is 4.79 Å². The van der Waals surface area contributed by atoms with Crippen molar-refractivity contribution in [2.24, 2.45) is 10.9 Å². The summed E-state index contributed by atoms with van der Waals surface area (Å²) in [6, 6.07) is 0. The summed E-state index contributed by atoms with van der Waals surface area (Å²) in [7, 11) is 0. The smallest absolute Gasteiger partial charge is 0.306 e. The van der Waals surface area contributed by atoms with Gasteiger partial charge >= 0.3 is 5.97 Å². The molecule has 0 aliphatic heterocycles. The molecule has 0 radical (unpaired) electrons. The van der Waals surface area contributed by atoms with E-state index in [0.717, 1.165) is 50.8 Å². The van der Waals surface area contributed by atoms with Crippen LogP contribution in [-0.2, 0) is 9.53 Å². The SMILES string of the molecule is CCNC(=NCC1CC1)NCCCC(=O)OC1CCCC1.I. The second-order valence-corrected chi connectivity index (χ2v) is 6.09. The number of ether oxygens (including phenoxy) is 1. The van der Waals surface area contributed by atoms with Crippen molar-refractivity contribution in [1.29, 1.82) is 0 Å². The van der Waals surface area contributed by atoms with Crippen LogP contribution in [0, 0.1) is 5.92 Å². The number of carbonyl (C=O) groups excluding carboxylic acids is 1. The van der Waals surface area contributed by atoms with Crippen LogP contribution in [0.2, 0.25) is 0 Å². The van der Waals surface area contributed by atoms with Crippen LogP contribution in [0.4, 0.5) is 0 Å². The molecule has 0 amide bonds. The molecule has 2 rings (SSSR count). The molecule has 0 atom stereocenters. The molecule has 0 aromatic heterocycles. The average Bonchev–Trinajstić information content (AvgIpc) is 3.17. The minimum absolute atomic E-state index is 0. The van der Waals surface area contributed by atoms with Gasteiger partial charge in [-0.15, -0.1) is 24.0 Å². The van der Waals surface area contributed by atoms with Gasteiger partial charge in [-0.3, -0.25) is 9.79 Å². The molecule has 22 heavy (non-hydrogen) atoms. The Hall–Kier alpha value is -0.530. The van der Waals surface area contributed by atoms with E-state index >= 15 is 0 Å². The van der Waals surface area contributed by atoms with Crippen LogP contribution < -0.4 is 10.6 Å². The molecule has 2 fully saturated rings.